The molecule has 1 atom stereocenters. The maximum atomic E-state index is 11.1. The highest BCUT2D eigenvalue weighted by Gasteiger charge is 2.36. The maximum Gasteiger partial charge on any atom is 0.408 e. The average molecular weight is 219 g/mol. The predicted octanol–water partition coefficient (Wildman–Crippen LogP) is 2.77. The van der Waals surface area contributed by atoms with Crippen LogP contribution in [-0.4, -0.2) is 12.7 Å². The Morgan fingerprint density at radius 2 is 1.94 bits per heavy atom. The molecule has 1 fully saturated rings. The van der Waals surface area contributed by atoms with Crippen LogP contribution in [0.4, 0.5) is 4.79 Å². The van der Waals surface area contributed by atoms with Gasteiger partial charge in [0.2, 0.25) is 0 Å². The molecule has 1 saturated heterocycles. The SMILES string of the molecule is CC(C)c1ccc(C2(C)COC(=O)N2)cc1. The summed E-state index contributed by atoms with van der Waals surface area (Å²) < 4.78 is 4.95. The zero-order chi connectivity index (χ0) is 11.8. The van der Waals surface area contributed by atoms with E-state index in [1.807, 2.05) is 6.92 Å². The Bertz CT molecular complexity index is 397. The molecule has 1 unspecified atom stereocenters. The molecule has 2 rings (SSSR count). The van der Waals surface area contributed by atoms with Gasteiger partial charge < -0.3 is 10.1 Å². The van der Waals surface area contributed by atoms with E-state index in [0.29, 0.717) is 12.5 Å². The molecule has 1 N–H and O–H groups in total. The summed E-state index contributed by atoms with van der Waals surface area (Å²) in [7, 11) is 0. The number of benzene rings is 1. The second kappa shape index (κ2) is 3.81. The number of carbonyl (C=O) groups excluding carboxylic acids is 1. The molecular formula is C13H17NO2. The van der Waals surface area contributed by atoms with Gasteiger partial charge in [-0.25, -0.2) is 4.79 Å². The Kier molecular flexibility index (Phi) is 2.62. The van der Waals surface area contributed by atoms with Crippen molar-refractivity contribution in [3.63, 3.8) is 0 Å². The van der Waals surface area contributed by atoms with Gasteiger partial charge in [-0.2, -0.15) is 0 Å². The third kappa shape index (κ3) is 1.90. The molecule has 1 aromatic carbocycles. The summed E-state index contributed by atoms with van der Waals surface area (Å²) in [5, 5.41) is 2.83. The van der Waals surface area contributed by atoms with E-state index in [0.717, 1.165) is 5.56 Å². The molecule has 1 heterocycles. The van der Waals surface area contributed by atoms with Crippen molar-refractivity contribution in [2.75, 3.05) is 6.61 Å². The number of amides is 1. The fourth-order valence-corrected chi connectivity index (χ4v) is 1.90. The van der Waals surface area contributed by atoms with Crippen LogP contribution in [0.25, 0.3) is 0 Å². The van der Waals surface area contributed by atoms with Gasteiger partial charge in [-0.1, -0.05) is 38.1 Å². The van der Waals surface area contributed by atoms with Crippen LogP contribution in [0.15, 0.2) is 24.3 Å². The summed E-state index contributed by atoms with van der Waals surface area (Å²) in [4.78, 5) is 11.1. The number of cyclic esters (lactones) is 1. The number of hydrogen-bond acceptors (Lipinski definition) is 2. The van der Waals surface area contributed by atoms with Crippen molar-refractivity contribution in [2.24, 2.45) is 0 Å². The second-order valence-corrected chi connectivity index (χ2v) is 4.81. The van der Waals surface area contributed by atoms with Crippen LogP contribution in [0.1, 0.15) is 37.8 Å². The third-order valence-electron chi connectivity index (χ3n) is 3.08. The Balaban J connectivity index is 2.25. The molecule has 3 heteroatoms. The molecule has 16 heavy (non-hydrogen) atoms. The van der Waals surface area contributed by atoms with Crippen molar-refractivity contribution in [3.05, 3.63) is 35.4 Å². The van der Waals surface area contributed by atoms with Gasteiger partial charge in [0.1, 0.15) is 6.61 Å². The Morgan fingerprint density at radius 1 is 1.31 bits per heavy atom. The zero-order valence-electron chi connectivity index (χ0n) is 9.91. The van der Waals surface area contributed by atoms with Gasteiger partial charge in [0, 0.05) is 0 Å². The highest BCUT2D eigenvalue weighted by Crippen LogP contribution is 2.26. The second-order valence-electron chi connectivity index (χ2n) is 4.81. The van der Waals surface area contributed by atoms with E-state index >= 15 is 0 Å². The Morgan fingerprint density at radius 3 is 2.38 bits per heavy atom. The molecule has 0 aliphatic carbocycles. The molecular weight excluding hydrogens is 202 g/mol. The Labute approximate surface area is 95.8 Å². The van der Waals surface area contributed by atoms with E-state index in [9.17, 15) is 4.79 Å². The molecule has 0 spiro atoms. The molecule has 0 bridgehead atoms. The molecule has 1 aliphatic heterocycles. The van der Waals surface area contributed by atoms with E-state index in [4.69, 9.17) is 4.74 Å². The van der Waals surface area contributed by atoms with E-state index in [1.165, 1.54) is 5.56 Å². The van der Waals surface area contributed by atoms with Crippen LogP contribution < -0.4 is 5.32 Å². The van der Waals surface area contributed by atoms with Crippen LogP contribution in [0, 0.1) is 0 Å². The van der Waals surface area contributed by atoms with Crippen molar-refractivity contribution in [3.8, 4) is 0 Å². The van der Waals surface area contributed by atoms with Crippen molar-refractivity contribution >= 4 is 6.09 Å². The third-order valence-corrected chi connectivity index (χ3v) is 3.08. The summed E-state index contributed by atoms with van der Waals surface area (Å²) in [5.41, 5.74) is 2.01. The summed E-state index contributed by atoms with van der Waals surface area (Å²) in [6, 6.07) is 8.33. The smallest absolute Gasteiger partial charge is 0.408 e. The molecule has 3 nitrogen and oxygen atoms in total. The maximum absolute atomic E-state index is 11.1. The highest BCUT2D eigenvalue weighted by molar-refractivity contribution is 5.71. The number of hydrogen-bond donors (Lipinski definition) is 1. The van der Waals surface area contributed by atoms with E-state index in [2.05, 4.69) is 43.4 Å². The number of nitrogens with one attached hydrogen (secondary N) is 1. The monoisotopic (exact) mass is 219 g/mol. The standard InChI is InChI=1S/C13H17NO2/c1-9(2)10-4-6-11(7-5-10)13(3)8-16-12(15)14-13/h4-7,9H,8H2,1-3H3,(H,14,15). The lowest BCUT2D eigenvalue weighted by Gasteiger charge is -2.22. The number of rotatable bonds is 2. The summed E-state index contributed by atoms with van der Waals surface area (Å²) >= 11 is 0. The summed E-state index contributed by atoms with van der Waals surface area (Å²) in [6.45, 7) is 6.70. The van der Waals surface area contributed by atoms with Crippen molar-refractivity contribution < 1.29 is 9.53 Å². The van der Waals surface area contributed by atoms with Gasteiger partial charge in [-0.05, 0) is 24.0 Å². The fraction of sp³-hybridized carbons (Fsp3) is 0.462. The van der Waals surface area contributed by atoms with Crippen molar-refractivity contribution in [1.82, 2.24) is 5.32 Å². The first-order valence-electron chi connectivity index (χ1n) is 5.57. The van der Waals surface area contributed by atoms with E-state index < -0.39 is 0 Å². The highest BCUT2D eigenvalue weighted by atomic mass is 16.6. The first kappa shape index (κ1) is 11.0. The van der Waals surface area contributed by atoms with Gasteiger partial charge in [0.25, 0.3) is 0 Å². The number of carbonyl (C=O) groups is 1. The van der Waals surface area contributed by atoms with Crippen LogP contribution >= 0.6 is 0 Å². The predicted molar refractivity (Wildman–Crippen MR) is 62.4 cm³/mol. The summed E-state index contributed by atoms with van der Waals surface area (Å²) in [5.74, 6) is 0.524. The average Bonchev–Trinajstić information content (AvgIpc) is 2.60. The van der Waals surface area contributed by atoms with Gasteiger partial charge in [-0.15, -0.1) is 0 Å². The quantitative estimate of drug-likeness (QED) is 0.830. The lowest BCUT2D eigenvalue weighted by atomic mass is 9.91. The van der Waals surface area contributed by atoms with Gasteiger partial charge in [0.05, 0.1) is 5.54 Å². The first-order valence-corrected chi connectivity index (χ1v) is 5.57. The largest absolute Gasteiger partial charge is 0.447 e. The molecule has 0 saturated carbocycles. The lowest BCUT2D eigenvalue weighted by molar-refractivity contribution is 0.173. The number of ether oxygens (including phenoxy) is 1. The van der Waals surface area contributed by atoms with Crippen LogP contribution in [0.3, 0.4) is 0 Å². The fourth-order valence-electron chi connectivity index (χ4n) is 1.90. The van der Waals surface area contributed by atoms with Crippen molar-refractivity contribution in [2.45, 2.75) is 32.2 Å². The zero-order valence-corrected chi connectivity index (χ0v) is 9.91. The van der Waals surface area contributed by atoms with E-state index in [1.54, 1.807) is 0 Å². The van der Waals surface area contributed by atoms with Crippen molar-refractivity contribution in [1.29, 1.82) is 0 Å². The minimum atomic E-state index is -0.382. The molecule has 0 radical (unpaired) electrons. The normalized spacial score (nSPS) is 24.4. The molecule has 1 aliphatic rings. The van der Waals surface area contributed by atoms with Crippen LogP contribution in [0.2, 0.25) is 0 Å². The topological polar surface area (TPSA) is 38.3 Å². The molecule has 86 valence electrons. The minimum Gasteiger partial charge on any atom is -0.447 e. The van der Waals surface area contributed by atoms with Crippen LogP contribution in [0.5, 0.6) is 0 Å². The summed E-state index contributed by atoms with van der Waals surface area (Å²) in [6.07, 6.45) is -0.338. The molecule has 1 aromatic rings. The number of alkyl carbamates (subject to hydrolysis) is 1. The van der Waals surface area contributed by atoms with E-state index in [-0.39, 0.29) is 11.6 Å². The van der Waals surface area contributed by atoms with Crippen LogP contribution in [-0.2, 0) is 10.3 Å². The van der Waals surface area contributed by atoms with Gasteiger partial charge in [0.15, 0.2) is 0 Å². The first-order chi connectivity index (χ1) is 7.51. The van der Waals surface area contributed by atoms with Gasteiger partial charge in [-0.3, -0.25) is 0 Å². The molecule has 0 aromatic heterocycles. The lowest BCUT2D eigenvalue weighted by Crippen LogP contribution is -2.37. The van der Waals surface area contributed by atoms with Gasteiger partial charge >= 0.3 is 6.09 Å². The molecule has 1 amide bonds. The Hall–Kier alpha value is -1.51. The minimum absolute atomic E-state index is 0.338.